The standard InChI is InChI=1S/C74H129NO10/c1-4-7-10-13-16-19-22-25-27-29-31-33-34-35-37-39-41-44-47-50-53-56-59-62-69(79)85-72-71(81)70(80)68(63-76)84-74(72)83-64-65(66(77)60-57-54-51-48-45-42-24-21-18-15-12-9-6-3)75-73(82)67(78)61-58-55-52-49-46-43-40-38-36-32-30-28-26-23-20-17-14-11-8-5-2/h8,11,17,20,25-28,32,36,40,43,49,52,57,60,65-68,70-72,74,76-78,80-81H,4-7,9-10,12-16,18-19,21-24,29-31,33-35,37-39,41-42,44-48,50-51,53-56,58-59,61-64H2,1-3H3,(H,75,82)/b11-8-,20-17-,27-25+,28-26-,36-32-,43-40-,52-49-,60-57+. The molecule has 0 saturated carbocycles. The number of rotatable bonds is 59. The van der Waals surface area contributed by atoms with Crippen LogP contribution < -0.4 is 5.32 Å². The predicted octanol–water partition coefficient (Wildman–Crippen LogP) is 17.8. The number of aliphatic hydroxyl groups excluding tert-OH is 5. The molecular weight excluding hydrogens is 1060 g/mol. The maximum Gasteiger partial charge on any atom is 0.306 e. The second kappa shape index (κ2) is 60.8. The van der Waals surface area contributed by atoms with Gasteiger partial charge in [-0.3, -0.25) is 9.59 Å². The number of allylic oxidation sites excluding steroid dienone is 15. The summed E-state index contributed by atoms with van der Waals surface area (Å²) in [7, 11) is 0. The molecule has 0 aliphatic carbocycles. The Labute approximate surface area is 520 Å². The zero-order chi connectivity index (χ0) is 61.7. The van der Waals surface area contributed by atoms with Crippen LogP contribution in [0, 0.1) is 0 Å². The van der Waals surface area contributed by atoms with Gasteiger partial charge in [0, 0.05) is 6.42 Å². The van der Waals surface area contributed by atoms with Crippen LogP contribution >= 0.6 is 0 Å². The van der Waals surface area contributed by atoms with Crippen LogP contribution in [0.4, 0.5) is 0 Å². The van der Waals surface area contributed by atoms with Crippen LogP contribution in [0.25, 0.3) is 0 Å². The number of esters is 1. The molecule has 1 aliphatic heterocycles. The maximum atomic E-state index is 13.5. The summed E-state index contributed by atoms with van der Waals surface area (Å²) < 4.78 is 17.7. The minimum absolute atomic E-state index is 0.115. The highest BCUT2D eigenvalue weighted by atomic mass is 16.7. The van der Waals surface area contributed by atoms with Gasteiger partial charge in [-0.25, -0.2) is 0 Å². The van der Waals surface area contributed by atoms with Crippen LogP contribution in [0.3, 0.4) is 0 Å². The molecule has 1 aliphatic rings. The summed E-state index contributed by atoms with van der Waals surface area (Å²) in [6, 6.07) is -1.05. The zero-order valence-electron chi connectivity index (χ0n) is 54.5. The minimum atomic E-state index is -1.63. The summed E-state index contributed by atoms with van der Waals surface area (Å²) in [5.41, 5.74) is 0. The number of amides is 1. The van der Waals surface area contributed by atoms with E-state index in [0.717, 1.165) is 83.5 Å². The van der Waals surface area contributed by atoms with Crippen molar-refractivity contribution in [2.24, 2.45) is 0 Å². The van der Waals surface area contributed by atoms with Crippen molar-refractivity contribution in [3.63, 3.8) is 0 Å². The van der Waals surface area contributed by atoms with E-state index in [0.29, 0.717) is 19.3 Å². The van der Waals surface area contributed by atoms with E-state index >= 15 is 0 Å². The Morgan fingerprint density at radius 2 is 0.847 bits per heavy atom. The lowest BCUT2D eigenvalue weighted by atomic mass is 9.99. The molecule has 0 aromatic rings. The van der Waals surface area contributed by atoms with Crippen molar-refractivity contribution in [1.82, 2.24) is 5.32 Å². The van der Waals surface area contributed by atoms with Gasteiger partial charge in [0.15, 0.2) is 12.4 Å². The topological polar surface area (TPSA) is 175 Å². The first-order valence-corrected chi connectivity index (χ1v) is 35.0. The lowest BCUT2D eigenvalue weighted by Crippen LogP contribution is -2.61. The van der Waals surface area contributed by atoms with Gasteiger partial charge in [0.25, 0.3) is 0 Å². The second-order valence-corrected chi connectivity index (χ2v) is 23.9. The van der Waals surface area contributed by atoms with Crippen molar-refractivity contribution in [1.29, 1.82) is 0 Å². The number of hydrogen-bond acceptors (Lipinski definition) is 10. The summed E-state index contributed by atoms with van der Waals surface area (Å²) in [4.78, 5) is 26.7. The molecule has 1 saturated heterocycles. The normalized spacial score (nSPS) is 19.0. The highest BCUT2D eigenvalue weighted by Gasteiger charge is 2.47. The molecule has 490 valence electrons. The first kappa shape index (κ1) is 79.6. The third kappa shape index (κ3) is 48.2. The van der Waals surface area contributed by atoms with Crippen LogP contribution in [-0.2, 0) is 23.8 Å². The smallest absolute Gasteiger partial charge is 0.306 e. The van der Waals surface area contributed by atoms with Gasteiger partial charge in [0.05, 0.1) is 25.4 Å². The first-order chi connectivity index (χ1) is 41.7. The van der Waals surface area contributed by atoms with Crippen molar-refractivity contribution in [3.05, 3.63) is 97.2 Å². The number of nitrogens with one attached hydrogen (secondary N) is 1. The molecule has 1 fully saturated rings. The van der Waals surface area contributed by atoms with Gasteiger partial charge in [-0.05, 0) is 103 Å². The van der Waals surface area contributed by atoms with Crippen LogP contribution in [-0.4, -0.2) is 99.6 Å². The SMILES string of the molecule is CC/C=C\C/C=C\C/C=C\C/C=C\C/C=C\C/C=C\CCCC(O)C(=O)NC(COC1OC(CO)C(O)C(O)C1OC(=O)CCCCCCCCCCCCCCC/C=C/CCCCCCCC)C(O)/C=C/CCCCCCCCCCCCC. The zero-order valence-corrected chi connectivity index (χ0v) is 54.5. The van der Waals surface area contributed by atoms with Crippen molar-refractivity contribution in [2.45, 2.75) is 346 Å². The summed E-state index contributed by atoms with van der Waals surface area (Å²) in [5, 5.41) is 57.2. The van der Waals surface area contributed by atoms with Crippen molar-refractivity contribution >= 4 is 11.9 Å². The molecule has 0 aromatic carbocycles. The molecular formula is C74H129NO10. The van der Waals surface area contributed by atoms with Gasteiger partial charge in [-0.1, -0.05) is 285 Å². The predicted molar refractivity (Wildman–Crippen MR) is 356 cm³/mol. The van der Waals surface area contributed by atoms with E-state index in [-0.39, 0.29) is 19.4 Å². The molecule has 1 heterocycles. The Bertz CT molecular complexity index is 1750. The minimum Gasteiger partial charge on any atom is -0.454 e. The molecule has 0 bridgehead atoms. The van der Waals surface area contributed by atoms with Crippen LogP contribution in [0.2, 0.25) is 0 Å². The molecule has 0 radical (unpaired) electrons. The fourth-order valence-corrected chi connectivity index (χ4v) is 10.5. The Kier molecular flexibility index (Phi) is 57.0. The summed E-state index contributed by atoms with van der Waals surface area (Å²) in [6.07, 6.45) is 71.6. The van der Waals surface area contributed by atoms with Gasteiger partial charge in [0.2, 0.25) is 5.91 Å². The number of carbonyl (C=O) groups excluding carboxylic acids is 2. The average Bonchev–Trinajstić information content (AvgIpc) is 3.12. The first-order valence-electron chi connectivity index (χ1n) is 35.0. The van der Waals surface area contributed by atoms with E-state index in [2.05, 4.69) is 105 Å². The average molecular weight is 1190 g/mol. The fraction of sp³-hybridized carbons (Fsp3) is 0.757. The van der Waals surface area contributed by atoms with Crippen LogP contribution in [0.1, 0.15) is 297 Å². The van der Waals surface area contributed by atoms with Gasteiger partial charge >= 0.3 is 5.97 Å². The third-order valence-corrected chi connectivity index (χ3v) is 16.0. The molecule has 6 N–H and O–H groups in total. The Morgan fingerprint density at radius 1 is 0.471 bits per heavy atom. The number of unbranched alkanes of at least 4 members (excludes halogenated alkanes) is 31. The van der Waals surface area contributed by atoms with E-state index in [9.17, 15) is 35.1 Å². The van der Waals surface area contributed by atoms with Gasteiger partial charge in [-0.15, -0.1) is 0 Å². The molecule has 11 nitrogen and oxygen atoms in total. The second-order valence-electron chi connectivity index (χ2n) is 23.9. The van der Waals surface area contributed by atoms with Crippen LogP contribution in [0.15, 0.2) is 97.2 Å². The highest BCUT2D eigenvalue weighted by molar-refractivity contribution is 5.80. The van der Waals surface area contributed by atoms with Gasteiger partial charge < -0.3 is 45.1 Å². The number of aliphatic hydroxyl groups is 5. The van der Waals surface area contributed by atoms with Crippen LogP contribution in [0.5, 0.6) is 0 Å². The van der Waals surface area contributed by atoms with E-state index in [1.807, 2.05) is 12.2 Å². The largest absolute Gasteiger partial charge is 0.454 e. The number of carbonyl (C=O) groups is 2. The third-order valence-electron chi connectivity index (χ3n) is 16.0. The molecule has 0 spiro atoms. The number of hydrogen-bond donors (Lipinski definition) is 6. The Hall–Kier alpha value is -3.42. The molecule has 1 amide bonds. The highest BCUT2D eigenvalue weighted by Crippen LogP contribution is 2.26. The van der Waals surface area contributed by atoms with E-state index in [1.165, 1.54) is 161 Å². The molecule has 85 heavy (non-hydrogen) atoms. The molecule has 8 atom stereocenters. The summed E-state index contributed by atoms with van der Waals surface area (Å²) in [5.74, 6) is -1.24. The lowest BCUT2D eigenvalue weighted by Gasteiger charge is -2.41. The maximum absolute atomic E-state index is 13.5. The lowest BCUT2D eigenvalue weighted by molar-refractivity contribution is -0.305. The van der Waals surface area contributed by atoms with Crippen molar-refractivity contribution in [2.75, 3.05) is 13.2 Å². The van der Waals surface area contributed by atoms with Gasteiger partial charge in [0.1, 0.15) is 24.4 Å². The quantitative estimate of drug-likeness (QED) is 0.0195. The Balaban J connectivity index is 2.64. The molecule has 0 aromatic heterocycles. The summed E-state index contributed by atoms with van der Waals surface area (Å²) in [6.45, 7) is 5.67. The molecule has 11 heteroatoms. The van der Waals surface area contributed by atoms with E-state index in [1.54, 1.807) is 6.08 Å². The summed E-state index contributed by atoms with van der Waals surface area (Å²) >= 11 is 0. The van der Waals surface area contributed by atoms with Crippen molar-refractivity contribution in [3.8, 4) is 0 Å². The van der Waals surface area contributed by atoms with Crippen molar-refractivity contribution < 1.29 is 49.3 Å². The van der Waals surface area contributed by atoms with E-state index < -0.39 is 67.4 Å². The van der Waals surface area contributed by atoms with E-state index in [4.69, 9.17) is 14.2 Å². The van der Waals surface area contributed by atoms with Gasteiger partial charge in [-0.2, -0.15) is 0 Å². The fourth-order valence-electron chi connectivity index (χ4n) is 10.5. The monoisotopic (exact) mass is 1190 g/mol. The molecule has 8 unspecified atom stereocenters. The Morgan fingerprint density at radius 3 is 1.28 bits per heavy atom. The molecule has 1 rings (SSSR count). The number of ether oxygens (including phenoxy) is 3.